The summed E-state index contributed by atoms with van der Waals surface area (Å²) in [5, 5.41) is 16.4. The molecule has 0 bridgehead atoms. The van der Waals surface area contributed by atoms with Gasteiger partial charge in [-0.05, 0) is 61.3 Å². The number of hydrogen-bond donors (Lipinski definition) is 2. The first-order valence-corrected chi connectivity index (χ1v) is 9.52. The van der Waals surface area contributed by atoms with Crippen molar-refractivity contribution in [2.45, 2.75) is 45.1 Å². The second-order valence-electron chi connectivity index (χ2n) is 7.20. The average Bonchev–Trinajstić information content (AvgIpc) is 3.11. The molecule has 0 saturated carbocycles. The van der Waals surface area contributed by atoms with E-state index >= 15 is 0 Å². The van der Waals surface area contributed by atoms with Crippen molar-refractivity contribution in [3.63, 3.8) is 0 Å². The number of benzene rings is 1. The van der Waals surface area contributed by atoms with E-state index < -0.39 is 0 Å². The molecule has 0 radical (unpaired) electrons. The zero-order valence-corrected chi connectivity index (χ0v) is 15.5. The van der Waals surface area contributed by atoms with Gasteiger partial charge in [0, 0.05) is 25.1 Å². The lowest BCUT2D eigenvalue weighted by Crippen LogP contribution is -2.27. The third-order valence-corrected chi connectivity index (χ3v) is 5.22. The number of aromatic nitrogens is 3. The van der Waals surface area contributed by atoms with Crippen LogP contribution >= 0.6 is 0 Å². The van der Waals surface area contributed by atoms with E-state index in [1.165, 1.54) is 24.0 Å². The third-order valence-electron chi connectivity index (χ3n) is 5.22. The summed E-state index contributed by atoms with van der Waals surface area (Å²) in [6, 6.07) is 8.13. The summed E-state index contributed by atoms with van der Waals surface area (Å²) in [5.41, 5.74) is 5.80. The van der Waals surface area contributed by atoms with Crippen LogP contribution in [0.15, 0.2) is 36.7 Å². The average molecular weight is 364 g/mol. The van der Waals surface area contributed by atoms with Gasteiger partial charge in [0.2, 0.25) is 0 Å². The fourth-order valence-electron chi connectivity index (χ4n) is 3.66. The molecule has 6 heteroatoms. The van der Waals surface area contributed by atoms with Gasteiger partial charge in [-0.15, -0.1) is 0 Å². The molecule has 0 spiro atoms. The first kappa shape index (κ1) is 17.7. The first-order chi connectivity index (χ1) is 13.1. The Morgan fingerprint density at radius 1 is 1.26 bits per heavy atom. The van der Waals surface area contributed by atoms with Gasteiger partial charge in [0.25, 0.3) is 5.91 Å². The van der Waals surface area contributed by atoms with E-state index in [0.29, 0.717) is 17.8 Å². The predicted octanol–water partition coefficient (Wildman–Crippen LogP) is 2.63. The molecule has 1 aliphatic rings. The van der Waals surface area contributed by atoms with Crippen molar-refractivity contribution in [3.05, 3.63) is 64.6 Å². The van der Waals surface area contributed by atoms with E-state index in [4.69, 9.17) is 5.11 Å². The Bertz CT molecular complexity index is 979. The molecular weight excluding hydrogens is 340 g/mol. The number of nitrogens with zero attached hydrogens (tertiary/aromatic N) is 3. The Morgan fingerprint density at radius 3 is 2.89 bits per heavy atom. The standard InChI is InChI=1S/C21H24N4O2/c1-14(17-7-6-16-4-2-3-5-18(16)10-17)23-21(27)19-11-20-22-12-15(8-9-26)13-25(20)24-19/h6-7,10-14,26H,2-5,8-9H2,1H3,(H,23,27)/t14-/m1/s1. The lowest BCUT2D eigenvalue weighted by atomic mass is 9.89. The highest BCUT2D eigenvalue weighted by atomic mass is 16.3. The van der Waals surface area contributed by atoms with Gasteiger partial charge in [-0.25, -0.2) is 9.50 Å². The normalized spacial score (nSPS) is 14.7. The minimum Gasteiger partial charge on any atom is -0.396 e. The van der Waals surface area contributed by atoms with E-state index in [9.17, 15) is 4.79 Å². The summed E-state index contributed by atoms with van der Waals surface area (Å²) in [5.74, 6) is -0.213. The third kappa shape index (κ3) is 3.71. The zero-order chi connectivity index (χ0) is 18.8. The van der Waals surface area contributed by atoms with Crippen molar-refractivity contribution in [2.75, 3.05) is 6.61 Å². The van der Waals surface area contributed by atoms with Crippen LogP contribution in [0.4, 0.5) is 0 Å². The van der Waals surface area contributed by atoms with Crippen LogP contribution in [0, 0.1) is 0 Å². The summed E-state index contributed by atoms with van der Waals surface area (Å²) >= 11 is 0. The number of aliphatic hydroxyl groups is 1. The van der Waals surface area contributed by atoms with Crippen LogP contribution in [0.5, 0.6) is 0 Å². The molecule has 1 aromatic carbocycles. The molecule has 2 aromatic heterocycles. The number of aliphatic hydroxyl groups excluding tert-OH is 1. The number of carbonyl (C=O) groups excluding carboxylic acids is 1. The molecule has 0 saturated heterocycles. The minimum atomic E-state index is -0.213. The van der Waals surface area contributed by atoms with Crippen molar-refractivity contribution in [3.8, 4) is 0 Å². The zero-order valence-electron chi connectivity index (χ0n) is 15.5. The van der Waals surface area contributed by atoms with Crippen LogP contribution in [0.25, 0.3) is 5.65 Å². The molecule has 1 aliphatic carbocycles. The largest absolute Gasteiger partial charge is 0.396 e. The summed E-state index contributed by atoms with van der Waals surface area (Å²) in [7, 11) is 0. The molecule has 0 fully saturated rings. The summed E-state index contributed by atoms with van der Waals surface area (Å²) in [4.78, 5) is 16.9. The lowest BCUT2D eigenvalue weighted by Gasteiger charge is -2.19. The Morgan fingerprint density at radius 2 is 2.07 bits per heavy atom. The number of nitrogens with one attached hydrogen (secondary N) is 1. The fourth-order valence-corrected chi connectivity index (χ4v) is 3.66. The molecule has 6 nitrogen and oxygen atoms in total. The highest BCUT2D eigenvalue weighted by molar-refractivity contribution is 5.93. The smallest absolute Gasteiger partial charge is 0.272 e. The van der Waals surface area contributed by atoms with Crippen LogP contribution in [0.3, 0.4) is 0 Å². The van der Waals surface area contributed by atoms with Gasteiger partial charge >= 0.3 is 0 Å². The Balaban J connectivity index is 1.50. The molecule has 3 aromatic rings. The number of carbonyl (C=O) groups is 1. The number of rotatable bonds is 5. The maximum atomic E-state index is 12.6. The van der Waals surface area contributed by atoms with Crippen molar-refractivity contribution >= 4 is 11.6 Å². The summed E-state index contributed by atoms with van der Waals surface area (Å²) < 4.78 is 1.59. The topological polar surface area (TPSA) is 79.5 Å². The quantitative estimate of drug-likeness (QED) is 0.729. The predicted molar refractivity (Wildman–Crippen MR) is 103 cm³/mol. The molecule has 2 heterocycles. The van der Waals surface area contributed by atoms with E-state index in [1.807, 2.05) is 6.92 Å². The Labute approximate surface area is 158 Å². The monoisotopic (exact) mass is 364 g/mol. The van der Waals surface area contributed by atoms with Gasteiger partial charge in [0.05, 0.1) is 6.04 Å². The number of hydrogen-bond acceptors (Lipinski definition) is 4. The van der Waals surface area contributed by atoms with Crippen LogP contribution in [-0.4, -0.2) is 32.2 Å². The molecule has 1 atom stereocenters. The molecule has 0 aliphatic heterocycles. The second-order valence-corrected chi connectivity index (χ2v) is 7.20. The molecule has 27 heavy (non-hydrogen) atoms. The minimum absolute atomic E-state index is 0.0556. The highest BCUT2D eigenvalue weighted by Crippen LogP contribution is 2.25. The number of amides is 1. The molecule has 4 rings (SSSR count). The van der Waals surface area contributed by atoms with Crippen LogP contribution in [0.2, 0.25) is 0 Å². The second kappa shape index (κ2) is 7.48. The molecule has 0 unspecified atom stereocenters. The Kier molecular flexibility index (Phi) is 4.90. The maximum absolute atomic E-state index is 12.6. The summed E-state index contributed by atoms with van der Waals surface area (Å²) in [6.07, 6.45) is 8.79. The van der Waals surface area contributed by atoms with E-state index in [-0.39, 0.29) is 18.6 Å². The van der Waals surface area contributed by atoms with Gasteiger partial charge < -0.3 is 10.4 Å². The van der Waals surface area contributed by atoms with Gasteiger partial charge in [-0.3, -0.25) is 4.79 Å². The Hall–Kier alpha value is -2.73. The van der Waals surface area contributed by atoms with Crippen molar-refractivity contribution in [1.29, 1.82) is 0 Å². The van der Waals surface area contributed by atoms with Crippen molar-refractivity contribution in [2.24, 2.45) is 0 Å². The number of aryl methyl sites for hydroxylation is 2. The van der Waals surface area contributed by atoms with Crippen LogP contribution in [0.1, 0.15) is 58.5 Å². The van der Waals surface area contributed by atoms with Crippen LogP contribution in [-0.2, 0) is 19.3 Å². The number of fused-ring (bicyclic) bond motifs is 2. The molecular formula is C21H24N4O2. The van der Waals surface area contributed by atoms with Crippen molar-refractivity contribution in [1.82, 2.24) is 19.9 Å². The van der Waals surface area contributed by atoms with E-state index in [1.54, 1.807) is 23.0 Å². The first-order valence-electron chi connectivity index (χ1n) is 9.52. The van der Waals surface area contributed by atoms with Crippen LogP contribution < -0.4 is 5.32 Å². The van der Waals surface area contributed by atoms with Crippen molar-refractivity contribution < 1.29 is 9.90 Å². The summed E-state index contributed by atoms with van der Waals surface area (Å²) in [6.45, 7) is 2.05. The maximum Gasteiger partial charge on any atom is 0.272 e. The highest BCUT2D eigenvalue weighted by Gasteiger charge is 2.17. The fraction of sp³-hybridized carbons (Fsp3) is 0.381. The van der Waals surface area contributed by atoms with E-state index in [2.05, 4.69) is 33.6 Å². The van der Waals surface area contributed by atoms with Gasteiger partial charge in [0.15, 0.2) is 11.3 Å². The molecule has 1 amide bonds. The van der Waals surface area contributed by atoms with Gasteiger partial charge in [-0.2, -0.15) is 5.10 Å². The lowest BCUT2D eigenvalue weighted by molar-refractivity contribution is 0.0934. The molecule has 2 N–H and O–H groups in total. The SMILES string of the molecule is C[C@@H](NC(=O)c1cc2ncc(CCO)cn2n1)c1ccc2c(c1)CCCC2. The van der Waals surface area contributed by atoms with Gasteiger partial charge in [0.1, 0.15) is 0 Å². The van der Waals surface area contributed by atoms with E-state index in [0.717, 1.165) is 24.0 Å². The van der Waals surface area contributed by atoms with Gasteiger partial charge in [-0.1, -0.05) is 18.2 Å². The molecule has 140 valence electrons.